The smallest absolute Gasteiger partial charge is 0.194 e. The molecule has 0 amide bonds. The van der Waals surface area contributed by atoms with E-state index < -0.39 is 0 Å². The molecule has 0 saturated carbocycles. The minimum atomic E-state index is 0.436. The Labute approximate surface area is 119 Å². The zero-order valence-corrected chi connectivity index (χ0v) is 11.6. The van der Waals surface area contributed by atoms with E-state index in [1.807, 2.05) is 22.2 Å². The van der Waals surface area contributed by atoms with Crippen molar-refractivity contribution in [2.24, 2.45) is 0 Å². The molecule has 102 valence electrons. The number of aromatic nitrogens is 4. The Morgan fingerprint density at radius 2 is 2.35 bits per heavy atom. The first kappa shape index (κ1) is 11.8. The highest BCUT2D eigenvalue weighted by Crippen LogP contribution is 2.22. The summed E-state index contributed by atoms with van der Waals surface area (Å²) in [6.45, 7) is 2.04. The first-order valence-corrected chi connectivity index (χ1v) is 7.48. The lowest BCUT2D eigenvalue weighted by Crippen LogP contribution is -2.22. The van der Waals surface area contributed by atoms with Crippen molar-refractivity contribution < 1.29 is 0 Å². The molecule has 0 spiro atoms. The third-order valence-electron chi connectivity index (χ3n) is 3.46. The van der Waals surface area contributed by atoms with Gasteiger partial charge in [-0.25, -0.2) is 9.97 Å². The van der Waals surface area contributed by atoms with E-state index in [0.717, 1.165) is 41.7 Å². The fraction of sp³-hybridized carbons (Fsp3) is 0.308. The molecule has 20 heavy (non-hydrogen) atoms. The van der Waals surface area contributed by atoms with Gasteiger partial charge in [0.05, 0.1) is 24.3 Å². The molecule has 3 aromatic heterocycles. The molecule has 1 aliphatic heterocycles. The van der Waals surface area contributed by atoms with Crippen molar-refractivity contribution in [3.8, 4) is 11.4 Å². The molecule has 3 aromatic rings. The maximum Gasteiger partial charge on any atom is 0.194 e. The summed E-state index contributed by atoms with van der Waals surface area (Å²) in [5.41, 5.74) is 1.81. The average molecular weight is 286 g/mol. The normalized spacial score (nSPS) is 18.7. The van der Waals surface area contributed by atoms with Crippen LogP contribution in [0.1, 0.15) is 6.42 Å². The van der Waals surface area contributed by atoms with Crippen molar-refractivity contribution in [2.45, 2.75) is 12.5 Å². The fourth-order valence-electron chi connectivity index (χ4n) is 2.46. The molecule has 4 heterocycles. The first-order chi connectivity index (χ1) is 9.90. The van der Waals surface area contributed by atoms with Crippen molar-refractivity contribution in [2.75, 3.05) is 18.4 Å². The lowest BCUT2D eigenvalue weighted by Gasteiger charge is -2.12. The molecule has 1 atom stereocenters. The van der Waals surface area contributed by atoms with Crippen LogP contribution in [0.25, 0.3) is 16.3 Å². The quantitative estimate of drug-likeness (QED) is 0.766. The zero-order valence-electron chi connectivity index (χ0n) is 10.8. The Hall–Kier alpha value is -1.99. The molecule has 2 N–H and O–H groups in total. The molecule has 0 aliphatic carbocycles. The molecule has 0 radical (unpaired) electrons. The monoisotopic (exact) mass is 286 g/mol. The standard InChI is InChI=1S/C13H14N6S/c1-2-14-5-9(1)17-12-8-15-6-10(18-12)11-7-16-13-19(11)3-4-20-13/h3-4,6-9,14H,1-2,5H2,(H,17,18). The van der Waals surface area contributed by atoms with Gasteiger partial charge in [-0.15, -0.1) is 11.3 Å². The lowest BCUT2D eigenvalue weighted by atomic mass is 10.2. The van der Waals surface area contributed by atoms with Gasteiger partial charge in [0.1, 0.15) is 11.5 Å². The van der Waals surface area contributed by atoms with E-state index in [2.05, 4.69) is 25.6 Å². The molecule has 0 bridgehead atoms. The molecule has 4 rings (SSSR count). The number of fused-ring (bicyclic) bond motifs is 1. The highest BCUT2D eigenvalue weighted by molar-refractivity contribution is 7.15. The number of rotatable bonds is 3. The van der Waals surface area contributed by atoms with Crippen LogP contribution in [0.15, 0.2) is 30.2 Å². The van der Waals surface area contributed by atoms with Gasteiger partial charge in [-0.2, -0.15) is 0 Å². The van der Waals surface area contributed by atoms with Crippen LogP contribution in [-0.4, -0.2) is 38.5 Å². The molecule has 1 unspecified atom stereocenters. The first-order valence-electron chi connectivity index (χ1n) is 6.60. The molecule has 1 saturated heterocycles. The van der Waals surface area contributed by atoms with Gasteiger partial charge in [0, 0.05) is 24.2 Å². The van der Waals surface area contributed by atoms with E-state index in [9.17, 15) is 0 Å². The summed E-state index contributed by atoms with van der Waals surface area (Å²) >= 11 is 1.61. The number of hydrogen-bond acceptors (Lipinski definition) is 6. The second-order valence-corrected chi connectivity index (χ2v) is 5.70. The Kier molecular flexibility index (Phi) is 2.86. The summed E-state index contributed by atoms with van der Waals surface area (Å²) in [5.74, 6) is 0.821. The van der Waals surface area contributed by atoms with E-state index in [1.54, 1.807) is 23.7 Å². The van der Waals surface area contributed by atoms with Crippen LogP contribution in [0.2, 0.25) is 0 Å². The number of anilines is 1. The van der Waals surface area contributed by atoms with Gasteiger partial charge in [-0.3, -0.25) is 9.38 Å². The Balaban J connectivity index is 1.66. The number of imidazole rings is 1. The summed E-state index contributed by atoms with van der Waals surface area (Å²) in [4.78, 5) is 14.3. The SMILES string of the molecule is c1cn2c(-c3cncc(NC4CCNC4)n3)cnc2s1. The molecular weight excluding hydrogens is 272 g/mol. The van der Waals surface area contributed by atoms with Crippen LogP contribution >= 0.6 is 11.3 Å². The number of nitrogens with zero attached hydrogens (tertiary/aromatic N) is 4. The predicted molar refractivity (Wildman–Crippen MR) is 79.0 cm³/mol. The molecular formula is C13H14N6S. The lowest BCUT2D eigenvalue weighted by molar-refractivity contribution is 0.786. The van der Waals surface area contributed by atoms with Gasteiger partial charge in [0.15, 0.2) is 4.96 Å². The molecule has 7 heteroatoms. The number of nitrogens with one attached hydrogen (secondary N) is 2. The van der Waals surface area contributed by atoms with E-state index in [4.69, 9.17) is 0 Å². The van der Waals surface area contributed by atoms with Gasteiger partial charge >= 0.3 is 0 Å². The van der Waals surface area contributed by atoms with Gasteiger partial charge < -0.3 is 10.6 Å². The second-order valence-electron chi connectivity index (χ2n) is 4.82. The Morgan fingerprint density at radius 3 is 3.25 bits per heavy atom. The molecule has 1 fully saturated rings. The minimum Gasteiger partial charge on any atom is -0.365 e. The third kappa shape index (κ3) is 2.04. The van der Waals surface area contributed by atoms with Crippen LogP contribution < -0.4 is 10.6 Å². The molecule has 6 nitrogen and oxygen atoms in total. The molecule has 0 aromatic carbocycles. The van der Waals surface area contributed by atoms with E-state index in [-0.39, 0.29) is 0 Å². The fourth-order valence-corrected chi connectivity index (χ4v) is 3.15. The zero-order chi connectivity index (χ0) is 13.4. The summed E-state index contributed by atoms with van der Waals surface area (Å²) in [7, 11) is 0. The minimum absolute atomic E-state index is 0.436. The van der Waals surface area contributed by atoms with Gasteiger partial charge in [-0.05, 0) is 13.0 Å². The molecule has 1 aliphatic rings. The topological polar surface area (TPSA) is 67.1 Å². The van der Waals surface area contributed by atoms with Crippen LogP contribution in [0.3, 0.4) is 0 Å². The van der Waals surface area contributed by atoms with E-state index in [0.29, 0.717) is 6.04 Å². The summed E-state index contributed by atoms with van der Waals surface area (Å²) in [5, 5.41) is 8.77. The van der Waals surface area contributed by atoms with Gasteiger partial charge in [0.25, 0.3) is 0 Å². The van der Waals surface area contributed by atoms with Crippen molar-refractivity contribution >= 4 is 22.1 Å². The van der Waals surface area contributed by atoms with Crippen LogP contribution in [0.4, 0.5) is 5.82 Å². The van der Waals surface area contributed by atoms with Crippen molar-refractivity contribution in [1.82, 2.24) is 24.7 Å². The highest BCUT2D eigenvalue weighted by Gasteiger charge is 2.15. The summed E-state index contributed by atoms with van der Waals surface area (Å²) < 4.78 is 2.04. The maximum atomic E-state index is 4.65. The van der Waals surface area contributed by atoms with Crippen molar-refractivity contribution in [3.63, 3.8) is 0 Å². The predicted octanol–water partition coefficient (Wildman–Crippen LogP) is 1.63. The second kappa shape index (κ2) is 4.84. The largest absolute Gasteiger partial charge is 0.365 e. The van der Waals surface area contributed by atoms with E-state index in [1.165, 1.54) is 0 Å². The number of thiazole rings is 1. The summed E-state index contributed by atoms with van der Waals surface area (Å²) in [6, 6.07) is 0.436. The third-order valence-corrected chi connectivity index (χ3v) is 4.23. The Bertz CT molecular complexity index is 727. The highest BCUT2D eigenvalue weighted by atomic mass is 32.1. The Morgan fingerprint density at radius 1 is 1.35 bits per heavy atom. The maximum absolute atomic E-state index is 4.65. The van der Waals surface area contributed by atoms with Gasteiger partial charge in [0.2, 0.25) is 0 Å². The van der Waals surface area contributed by atoms with Crippen molar-refractivity contribution in [3.05, 3.63) is 30.2 Å². The number of hydrogen-bond donors (Lipinski definition) is 2. The van der Waals surface area contributed by atoms with Crippen LogP contribution in [0, 0.1) is 0 Å². The van der Waals surface area contributed by atoms with Crippen LogP contribution in [0.5, 0.6) is 0 Å². The van der Waals surface area contributed by atoms with E-state index >= 15 is 0 Å². The average Bonchev–Trinajstić information content (AvgIpc) is 3.16. The van der Waals surface area contributed by atoms with Crippen LogP contribution in [-0.2, 0) is 0 Å². The van der Waals surface area contributed by atoms with Crippen molar-refractivity contribution in [1.29, 1.82) is 0 Å². The summed E-state index contributed by atoms with van der Waals surface area (Å²) in [6.07, 6.45) is 8.52. The van der Waals surface area contributed by atoms with Gasteiger partial charge in [-0.1, -0.05) is 0 Å².